The summed E-state index contributed by atoms with van der Waals surface area (Å²) in [6, 6.07) is 10.7. The standard InChI is InChI=1S/C18H19F2NO2/c1-4-21(14-7-10-16(19)17(20)11-14)18(22)13(3)23-15-8-5-12(2)6-9-15/h5-11,13H,4H2,1-3H3. The lowest BCUT2D eigenvalue weighted by atomic mass is 10.2. The van der Waals surface area contributed by atoms with Crippen molar-refractivity contribution >= 4 is 11.6 Å². The van der Waals surface area contributed by atoms with Crippen LogP contribution < -0.4 is 9.64 Å². The van der Waals surface area contributed by atoms with Crippen molar-refractivity contribution in [3.8, 4) is 5.75 Å². The molecule has 0 heterocycles. The van der Waals surface area contributed by atoms with Gasteiger partial charge in [0.25, 0.3) is 5.91 Å². The van der Waals surface area contributed by atoms with Crippen LogP contribution in [-0.2, 0) is 4.79 Å². The number of anilines is 1. The maximum absolute atomic E-state index is 13.4. The Morgan fingerprint density at radius 1 is 1.13 bits per heavy atom. The fraction of sp³-hybridized carbons (Fsp3) is 0.278. The first-order valence-electron chi connectivity index (χ1n) is 7.42. The van der Waals surface area contributed by atoms with Crippen molar-refractivity contribution in [3.05, 3.63) is 59.7 Å². The topological polar surface area (TPSA) is 29.5 Å². The number of halogens is 2. The SMILES string of the molecule is CCN(C(=O)C(C)Oc1ccc(C)cc1)c1ccc(F)c(F)c1. The second kappa shape index (κ2) is 7.22. The number of amides is 1. The van der Waals surface area contributed by atoms with Gasteiger partial charge in [-0.2, -0.15) is 0 Å². The van der Waals surface area contributed by atoms with Gasteiger partial charge in [-0.15, -0.1) is 0 Å². The van der Waals surface area contributed by atoms with Crippen LogP contribution in [0.2, 0.25) is 0 Å². The zero-order chi connectivity index (χ0) is 17.0. The Hall–Kier alpha value is -2.43. The predicted molar refractivity (Wildman–Crippen MR) is 85.7 cm³/mol. The molecule has 0 saturated carbocycles. The van der Waals surface area contributed by atoms with E-state index in [0.29, 0.717) is 18.0 Å². The number of aryl methyl sites for hydroxylation is 1. The number of benzene rings is 2. The van der Waals surface area contributed by atoms with Crippen molar-refractivity contribution in [2.24, 2.45) is 0 Å². The molecule has 0 N–H and O–H groups in total. The molecule has 1 atom stereocenters. The van der Waals surface area contributed by atoms with Crippen LogP contribution >= 0.6 is 0 Å². The van der Waals surface area contributed by atoms with Crippen LogP contribution in [0.4, 0.5) is 14.5 Å². The minimum Gasteiger partial charge on any atom is -0.481 e. The Morgan fingerprint density at radius 3 is 2.35 bits per heavy atom. The Balaban J connectivity index is 2.14. The summed E-state index contributed by atoms with van der Waals surface area (Å²) >= 11 is 0. The first-order chi connectivity index (χ1) is 10.9. The average Bonchev–Trinajstić information content (AvgIpc) is 2.53. The molecule has 122 valence electrons. The molecule has 2 aromatic carbocycles. The second-order valence-electron chi connectivity index (χ2n) is 5.25. The molecule has 0 fully saturated rings. The third-order valence-electron chi connectivity index (χ3n) is 3.48. The lowest BCUT2D eigenvalue weighted by Crippen LogP contribution is -2.40. The van der Waals surface area contributed by atoms with E-state index in [9.17, 15) is 13.6 Å². The van der Waals surface area contributed by atoms with E-state index in [1.807, 2.05) is 19.1 Å². The van der Waals surface area contributed by atoms with E-state index in [2.05, 4.69) is 0 Å². The van der Waals surface area contributed by atoms with Gasteiger partial charge in [0.15, 0.2) is 17.7 Å². The summed E-state index contributed by atoms with van der Waals surface area (Å²) in [5.74, 6) is -1.67. The van der Waals surface area contributed by atoms with Crippen LogP contribution in [0, 0.1) is 18.6 Å². The van der Waals surface area contributed by atoms with Gasteiger partial charge in [-0.3, -0.25) is 4.79 Å². The fourth-order valence-corrected chi connectivity index (χ4v) is 2.21. The Labute approximate surface area is 134 Å². The number of carbonyl (C=O) groups is 1. The van der Waals surface area contributed by atoms with E-state index in [-0.39, 0.29) is 5.91 Å². The molecule has 0 radical (unpaired) electrons. The minimum atomic E-state index is -0.985. The largest absolute Gasteiger partial charge is 0.481 e. The number of rotatable bonds is 5. The number of hydrogen-bond acceptors (Lipinski definition) is 2. The van der Waals surface area contributed by atoms with Crippen molar-refractivity contribution in [2.45, 2.75) is 26.9 Å². The van der Waals surface area contributed by atoms with Crippen LogP contribution in [0.3, 0.4) is 0 Å². The molecule has 0 aliphatic rings. The summed E-state index contributed by atoms with van der Waals surface area (Å²) in [6.45, 7) is 5.67. The van der Waals surface area contributed by atoms with Crippen molar-refractivity contribution in [2.75, 3.05) is 11.4 Å². The lowest BCUT2D eigenvalue weighted by molar-refractivity contribution is -0.124. The van der Waals surface area contributed by atoms with Crippen LogP contribution in [0.15, 0.2) is 42.5 Å². The Kier molecular flexibility index (Phi) is 5.32. The lowest BCUT2D eigenvalue weighted by Gasteiger charge is -2.25. The van der Waals surface area contributed by atoms with Gasteiger partial charge in [0, 0.05) is 18.3 Å². The van der Waals surface area contributed by atoms with Gasteiger partial charge in [0.05, 0.1) is 0 Å². The van der Waals surface area contributed by atoms with Gasteiger partial charge in [-0.25, -0.2) is 8.78 Å². The zero-order valence-electron chi connectivity index (χ0n) is 13.3. The monoisotopic (exact) mass is 319 g/mol. The number of carbonyl (C=O) groups excluding carboxylic acids is 1. The highest BCUT2D eigenvalue weighted by atomic mass is 19.2. The summed E-state index contributed by atoms with van der Waals surface area (Å²) in [4.78, 5) is 13.9. The highest BCUT2D eigenvalue weighted by Crippen LogP contribution is 2.20. The van der Waals surface area contributed by atoms with E-state index in [1.165, 1.54) is 11.0 Å². The van der Waals surface area contributed by atoms with Gasteiger partial charge in [-0.05, 0) is 45.0 Å². The smallest absolute Gasteiger partial charge is 0.267 e. The highest BCUT2D eigenvalue weighted by Gasteiger charge is 2.23. The molecule has 23 heavy (non-hydrogen) atoms. The minimum absolute atomic E-state index is 0.302. The molecule has 0 aromatic heterocycles. The molecular weight excluding hydrogens is 300 g/mol. The number of nitrogens with zero attached hydrogens (tertiary/aromatic N) is 1. The van der Waals surface area contributed by atoms with Crippen LogP contribution in [0.5, 0.6) is 5.75 Å². The van der Waals surface area contributed by atoms with Gasteiger partial charge in [-0.1, -0.05) is 17.7 Å². The van der Waals surface area contributed by atoms with E-state index in [4.69, 9.17) is 4.74 Å². The first-order valence-corrected chi connectivity index (χ1v) is 7.42. The molecule has 0 spiro atoms. The van der Waals surface area contributed by atoms with Crippen LogP contribution in [0.1, 0.15) is 19.4 Å². The molecule has 0 saturated heterocycles. The summed E-state index contributed by atoms with van der Waals surface area (Å²) in [6.07, 6.45) is -0.745. The van der Waals surface area contributed by atoms with Crippen molar-refractivity contribution in [3.63, 3.8) is 0 Å². The fourth-order valence-electron chi connectivity index (χ4n) is 2.21. The van der Waals surface area contributed by atoms with Crippen LogP contribution in [0.25, 0.3) is 0 Å². The summed E-state index contributed by atoms with van der Waals surface area (Å²) in [5, 5.41) is 0. The third kappa shape index (κ3) is 4.06. The van der Waals surface area contributed by atoms with E-state index in [0.717, 1.165) is 17.7 Å². The zero-order valence-corrected chi connectivity index (χ0v) is 13.3. The van der Waals surface area contributed by atoms with Gasteiger partial charge >= 0.3 is 0 Å². The molecule has 3 nitrogen and oxygen atoms in total. The molecule has 1 unspecified atom stereocenters. The Morgan fingerprint density at radius 2 is 1.78 bits per heavy atom. The normalized spacial score (nSPS) is 11.9. The van der Waals surface area contributed by atoms with E-state index in [1.54, 1.807) is 26.0 Å². The van der Waals surface area contributed by atoms with E-state index >= 15 is 0 Å². The quantitative estimate of drug-likeness (QED) is 0.830. The molecule has 2 aromatic rings. The predicted octanol–water partition coefficient (Wildman–Crippen LogP) is 4.09. The summed E-state index contributed by atoms with van der Waals surface area (Å²) in [7, 11) is 0. The molecule has 0 aliphatic heterocycles. The number of likely N-dealkylation sites (N-methyl/N-ethyl adjacent to an activating group) is 1. The van der Waals surface area contributed by atoms with Crippen molar-refractivity contribution in [1.29, 1.82) is 0 Å². The molecule has 2 rings (SSSR count). The molecule has 1 amide bonds. The molecular formula is C18H19F2NO2. The Bertz CT molecular complexity index is 686. The summed E-state index contributed by atoms with van der Waals surface area (Å²) in [5.41, 5.74) is 1.39. The maximum atomic E-state index is 13.4. The van der Waals surface area contributed by atoms with Gasteiger partial charge in [0.1, 0.15) is 5.75 Å². The molecule has 0 bridgehead atoms. The number of hydrogen-bond donors (Lipinski definition) is 0. The van der Waals surface area contributed by atoms with Gasteiger partial charge < -0.3 is 9.64 Å². The average molecular weight is 319 g/mol. The second-order valence-corrected chi connectivity index (χ2v) is 5.25. The van der Waals surface area contributed by atoms with Crippen molar-refractivity contribution in [1.82, 2.24) is 0 Å². The maximum Gasteiger partial charge on any atom is 0.267 e. The first kappa shape index (κ1) is 16.9. The van der Waals surface area contributed by atoms with E-state index < -0.39 is 17.7 Å². The highest BCUT2D eigenvalue weighted by molar-refractivity contribution is 5.96. The third-order valence-corrected chi connectivity index (χ3v) is 3.48. The number of ether oxygens (including phenoxy) is 1. The van der Waals surface area contributed by atoms with Crippen LogP contribution in [-0.4, -0.2) is 18.6 Å². The molecule has 5 heteroatoms. The molecule has 0 aliphatic carbocycles. The van der Waals surface area contributed by atoms with Crippen molar-refractivity contribution < 1.29 is 18.3 Å². The summed E-state index contributed by atoms with van der Waals surface area (Å²) < 4.78 is 32.1. The van der Waals surface area contributed by atoms with Gasteiger partial charge in [0.2, 0.25) is 0 Å².